The fourth-order valence-electron chi connectivity index (χ4n) is 1.45. The first kappa shape index (κ1) is 13.1. The van der Waals surface area contributed by atoms with Crippen LogP contribution in [0.4, 0.5) is 0 Å². The van der Waals surface area contributed by atoms with Gasteiger partial charge in [-0.25, -0.2) is 0 Å². The van der Waals surface area contributed by atoms with Gasteiger partial charge in [-0.3, -0.25) is 0 Å². The number of aromatic nitrogens is 2. The molecule has 2 aromatic heterocycles. The highest BCUT2D eigenvalue weighted by Gasteiger charge is 2.14. The SMILES string of the molecule is CC(C)(C)NCCc1nnc(-c2ccoc2Cl)o1. The maximum atomic E-state index is 5.84. The largest absolute Gasteiger partial charge is 0.452 e. The molecule has 98 valence electrons. The zero-order valence-corrected chi connectivity index (χ0v) is 11.4. The smallest absolute Gasteiger partial charge is 0.252 e. The predicted octanol–water partition coefficient (Wildman–Crippen LogP) is 2.91. The Morgan fingerprint density at radius 1 is 1.33 bits per heavy atom. The van der Waals surface area contributed by atoms with Crippen LogP contribution in [-0.2, 0) is 6.42 Å². The van der Waals surface area contributed by atoms with Crippen LogP contribution in [0.15, 0.2) is 21.2 Å². The summed E-state index contributed by atoms with van der Waals surface area (Å²) in [6.45, 7) is 7.11. The Hall–Kier alpha value is -1.33. The Labute approximate surface area is 111 Å². The molecule has 0 unspecified atom stereocenters. The minimum Gasteiger partial charge on any atom is -0.452 e. The average Bonchev–Trinajstić information content (AvgIpc) is 2.84. The minimum absolute atomic E-state index is 0.0801. The first-order valence-electron chi connectivity index (χ1n) is 5.76. The summed E-state index contributed by atoms with van der Waals surface area (Å²) in [4.78, 5) is 0. The zero-order chi connectivity index (χ0) is 13.2. The Kier molecular flexibility index (Phi) is 3.73. The van der Waals surface area contributed by atoms with Crippen molar-refractivity contribution < 1.29 is 8.83 Å². The zero-order valence-electron chi connectivity index (χ0n) is 10.7. The first-order chi connectivity index (χ1) is 8.46. The number of rotatable bonds is 4. The van der Waals surface area contributed by atoms with Crippen LogP contribution in [0.1, 0.15) is 26.7 Å². The fraction of sp³-hybridized carbons (Fsp3) is 0.500. The molecule has 0 fully saturated rings. The van der Waals surface area contributed by atoms with Crippen LogP contribution >= 0.6 is 11.6 Å². The van der Waals surface area contributed by atoms with Crippen LogP contribution in [0.3, 0.4) is 0 Å². The maximum Gasteiger partial charge on any atom is 0.252 e. The van der Waals surface area contributed by atoms with Gasteiger partial charge in [0.05, 0.1) is 11.8 Å². The molecule has 0 saturated carbocycles. The molecule has 18 heavy (non-hydrogen) atoms. The summed E-state index contributed by atoms with van der Waals surface area (Å²) in [5.74, 6) is 0.971. The van der Waals surface area contributed by atoms with Crippen molar-refractivity contribution in [2.75, 3.05) is 6.54 Å². The van der Waals surface area contributed by atoms with E-state index in [9.17, 15) is 0 Å². The van der Waals surface area contributed by atoms with Gasteiger partial charge in [-0.05, 0) is 38.4 Å². The second-order valence-corrected chi connectivity index (χ2v) is 5.38. The van der Waals surface area contributed by atoms with Gasteiger partial charge in [-0.1, -0.05) is 0 Å². The van der Waals surface area contributed by atoms with Crippen molar-refractivity contribution in [3.63, 3.8) is 0 Å². The fourth-order valence-corrected chi connectivity index (χ4v) is 1.65. The van der Waals surface area contributed by atoms with Gasteiger partial charge in [0, 0.05) is 18.5 Å². The summed E-state index contributed by atoms with van der Waals surface area (Å²) in [6, 6.07) is 1.70. The van der Waals surface area contributed by atoms with E-state index in [-0.39, 0.29) is 10.8 Å². The predicted molar refractivity (Wildman–Crippen MR) is 68.5 cm³/mol. The van der Waals surface area contributed by atoms with Crippen molar-refractivity contribution in [2.45, 2.75) is 32.7 Å². The molecule has 0 amide bonds. The molecule has 0 aliphatic heterocycles. The number of halogens is 1. The van der Waals surface area contributed by atoms with Gasteiger partial charge in [-0.2, -0.15) is 0 Å². The number of nitrogens with zero attached hydrogens (tertiary/aromatic N) is 2. The summed E-state index contributed by atoms with van der Waals surface area (Å²) in [6.07, 6.45) is 2.17. The van der Waals surface area contributed by atoms with Crippen LogP contribution in [0.2, 0.25) is 5.22 Å². The molecule has 2 aromatic rings. The number of hydrogen-bond donors (Lipinski definition) is 1. The number of furan rings is 1. The minimum atomic E-state index is 0.0801. The molecule has 6 heteroatoms. The van der Waals surface area contributed by atoms with E-state index >= 15 is 0 Å². The van der Waals surface area contributed by atoms with Gasteiger partial charge >= 0.3 is 0 Å². The van der Waals surface area contributed by atoms with Gasteiger partial charge in [0.1, 0.15) is 0 Å². The molecular weight excluding hydrogens is 254 g/mol. The van der Waals surface area contributed by atoms with Crippen LogP contribution in [0.5, 0.6) is 0 Å². The molecule has 0 bridgehead atoms. The molecule has 0 atom stereocenters. The molecule has 0 aliphatic rings. The topological polar surface area (TPSA) is 64.1 Å². The molecule has 0 saturated heterocycles. The Bertz CT molecular complexity index is 513. The summed E-state index contributed by atoms with van der Waals surface area (Å²) in [5.41, 5.74) is 0.704. The maximum absolute atomic E-state index is 5.84. The van der Waals surface area contributed by atoms with E-state index in [0.29, 0.717) is 23.8 Å². The van der Waals surface area contributed by atoms with Crippen molar-refractivity contribution in [1.82, 2.24) is 15.5 Å². The normalized spacial score (nSPS) is 12.0. The van der Waals surface area contributed by atoms with E-state index < -0.39 is 0 Å². The van der Waals surface area contributed by atoms with Crippen LogP contribution < -0.4 is 5.32 Å². The van der Waals surface area contributed by atoms with E-state index in [4.69, 9.17) is 20.4 Å². The lowest BCUT2D eigenvalue weighted by atomic mass is 10.1. The first-order valence-corrected chi connectivity index (χ1v) is 6.14. The van der Waals surface area contributed by atoms with Gasteiger partial charge in [0.2, 0.25) is 11.1 Å². The monoisotopic (exact) mass is 269 g/mol. The standard InChI is InChI=1S/C12H16ClN3O2/c1-12(2,3)14-6-4-9-15-16-11(18-9)8-5-7-17-10(8)13/h5,7,14H,4,6H2,1-3H3. The lowest BCUT2D eigenvalue weighted by Gasteiger charge is -2.19. The highest BCUT2D eigenvalue weighted by Crippen LogP contribution is 2.27. The number of hydrogen-bond acceptors (Lipinski definition) is 5. The van der Waals surface area contributed by atoms with Gasteiger partial charge in [-0.15, -0.1) is 10.2 Å². The molecule has 2 heterocycles. The van der Waals surface area contributed by atoms with Crippen LogP contribution in [-0.4, -0.2) is 22.3 Å². The summed E-state index contributed by atoms with van der Waals surface area (Å²) < 4.78 is 10.5. The van der Waals surface area contributed by atoms with Crippen molar-refractivity contribution in [3.8, 4) is 11.5 Å². The van der Waals surface area contributed by atoms with E-state index in [1.165, 1.54) is 6.26 Å². The van der Waals surface area contributed by atoms with Crippen molar-refractivity contribution in [3.05, 3.63) is 23.4 Å². The molecule has 0 aliphatic carbocycles. The third kappa shape index (κ3) is 3.34. The lowest BCUT2D eigenvalue weighted by Crippen LogP contribution is -2.37. The molecule has 5 nitrogen and oxygen atoms in total. The van der Waals surface area contributed by atoms with Gasteiger partial charge < -0.3 is 14.2 Å². The molecule has 0 radical (unpaired) electrons. The second kappa shape index (κ2) is 5.12. The molecule has 0 aromatic carbocycles. The van der Waals surface area contributed by atoms with E-state index in [1.807, 2.05) is 0 Å². The van der Waals surface area contributed by atoms with Crippen molar-refractivity contribution in [2.24, 2.45) is 0 Å². The number of nitrogens with one attached hydrogen (secondary N) is 1. The Morgan fingerprint density at radius 2 is 2.11 bits per heavy atom. The van der Waals surface area contributed by atoms with E-state index in [1.54, 1.807) is 6.07 Å². The summed E-state index contributed by atoms with van der Waals surface area (Å²) in [7, 11) is 0. The summed E-state index contributed by atoms with van der Waals surface area (Å²) >= 11 is 5.84. The van der Waals surface area contributed by atoms with Gasteiger partial charge in [0.25, 0.3) is 5.89 Å². The Morgan fingerprint density at radius 3 is 2.72 bits per heavy atom. The van der Waals surface area contributed by atoms with Crippen LogP contribution in [0, 0.1) is 0 Å². The quantitative estimate of drug-likeness (QED) is 0.925. The lowest BCUT2D eigenvalue weighted by molar-refractivity contribution is 0.411. The molecule has 0 spiro atoms. The molecular formula is C12H16ClN3O2. The Balaban J connectivity index is 1.97. The third-order valence-corrected chi connectivity index (χ3v) is 2.60. The van der Waals surface area contributed by atoms with E-state index in [0.717, 1.165) is 6.54 Å². The van der Waals surface area contributed by atoms with Crippen LogP contribution in [0.25, 0.3) is 11.5 Å². The molecule has 1 N–H and O–H groups in total. The van der Waals surface area contributed by atoms with Crippen molar-refractivity contribution >= 4 is 11.6 Å². The van der Waals surface area contributed by atoms with E-state index in [2.05, 4.69) is 36.3 Å². The summed E-state index contributed by atoms with van der Waals surface area (Å²) in [5, 5.41) is 11.5. The second-order valence-electron chi connectivity index (χ2n) is 5.04. The third-order valence-electron chi connectivity index (χ3n) is 2.31. The molecule has 2 rings (SSSR count). The highest BCUT2D eigenvalue weighted by atomic mass is 35.5. The highest BCUT2D eigenvalue weighted by molar-refractivity contribution is 6.31. The van der Waals surface area contributed by atoms with Crippen molar-refractivity contribution in [1.29, 1.82) is 0 Å². The average molecular weight is 270 g/mol. The van der Waals surface area contributed by atoms with Gasteiger partial charge in [0.15, 0.2) is 0 Å².